The summed E-state index contributed by atoms with van der Waals surface area (Å²) in [7, 11) is 0. The molecule has 1 atom stereocenters. The largest absolute Gasteiger partial charge is 0.416 e. The van der Waals surface area contributed by atoms with E-state index < -0.39 is 17.8 Å². The van der Waals surface area contributed by atoms with Gasteiger partial charge in [0.15, 0.2) is 0 Å². The average molecular weight is 364 g/mol. The number of hydrogen-bond acceptors (Lipinski definition) is 2. The van der Waals surface area contributed by atoms with Crippen molar-refractivity contribution in [3.05, 3.63) is 71.3 Å². The molecule has 2 aromatic rings. The summed E-state index contributed by atoms with van der Waals surface area (Å²) in [5, 5.41) is 2.84. The molecule has 3 nitrogen and oxygen atoms in total. The Bertz CT molecular complexity index is 695. The van der Waals surface area contributed by atoms with E-state index in [0.29, 0.717) is 18.7 Å². The minimum atomic E-state index is -4.36. The van der Waals surface area contributed by atoms with Gasteiger partial charge in [-0.3, -0.25) is 9.69 Å². The number of likely N-dealkylation sites (N-methyl/N-ethyl adjacent to an activating group) is 1. The normalized spacial score (nSPS) is 12.8. The zero-order chi connectivity index (χ0) is 19.2. The number of nitrogens with zero attached hydrogens (tertiary/aromatic N) is 1. The maximum Gasteiger partial charge on any atom is 0.416 e. The second-order valence-electron chi connectivity index (χ2n) is 5.95. The smallest absolute Gasteiger partial charge is 0.350 e. The standard InChI is InChI=1S/C20H23F3N2O/c1-3-25(4-2)18(16-8-6-5-7-9-16)19(26)24-14-15-10-12-17(13-11-15)20(21,22)23/h5-13,18H,3-4,14H2,1-2H3,(H,24,26). The fourth-order valence-electron chi connectivity index (χ4n) is 2.85. The Morgan fingerprint density at radius 3 is 2.08 bits per heavy atom. The monoisotopic (exact) mass is 364 g/mol. The molecule has 0 saturated carbocycles. The van der Waals surface area contributed by atoms with Crippen LogP contribution in [0.3, 0.4) is 0 Å². The van der Waals surface area contributed by atoms with Crippen LogP contribution in [0.5, 0.6) is 0 Å². The summed E-state index contributed by atoms with van der Waals surface area (Å²) in [5.41, 5.74) is 0.816. The van der Waals surface area contributed by atoms with E-state index in [4.69, 9.17) is 0 Å². The number of carbonyl (C=O) groups is 1. The molecule has 0 bridgehead atoms. The van der Waals surface area contributed by atoms with Crippen molar-refractivity contribution in [3.8, 4) is 0 Å². The van der Waals surface area contributed by atoms with Crippen molar-refractivity contribution in [2.45, 2.75) is 32.6 Å². The number of hydrogen-bond donors (Lipinski definition) is 1. The van der Waals surface area contributed by atoms with Gasteiger partial charge in [0.05, 0.1) is 5.56 Å². The molecule has 1 N–H and O–H groups in total. The summed E-state index contributed by atoms with van der Waals surface area (Å²) in [6.07, 6.45) is -4.36. The van der Waals surface area contributed by atoms with Gasteiger partial charge >= 0.3 is 6.18 Å². The Morgan fingerprint density at radius 2 is 1.58 bits per heavy atom. The van der Waals surface area contributed by atoms with Crippen molar-refractivity contribution in [2.75, 3.05) is 13.1 Å². The first-order valence-electron chi connectivity index (χ1n) is 8.59. The Hall–Kier alpha value is -2.34. The molecular weight excluding hydrogens is 341 g/mol. The van der Waals surface area contributed by atoms with Crippen molar-refractivity contribution in [1.29, 1.82) is 0 Å². The molecule has 0 aromatic heterocycles. The number of nitrogens with one attached hydrogen (secondary N) is 1. The van der Waals surface area contributed by atoms with E-state index in [1.807, 2.05) is 49.1 Å². The van der Waals surface area contributed by atoms with Crippen LogP contribution >= 0.6 is 0 Å². The van der Waals surface area contributed by atoms with Crippen LogP contribution in [-0.2, 0) is 17.5 Å². The lowest BCUT2D eigenvalue weighted by atomic mass is 10.0. The fraction of sp³-hybridized carbons (Fsp3) is 0.350. The number of carbonyl (C=O) groups excluding carboxylic acids is 1. The lowest BCUT2D eigenvalue weighted by molar-refractivity contribution is -0.137. The number of rotatable bonds is 7. The maximum absolute atomic E-state index is 12.8. The molecule has 1 amide bonds. The SMILES string of the molecule is CCN(CC)C(C(=O)NCc1ccc(C(F)(F)F)cc1)c1ccccc1. The molecule has 0 spiro atoms. The summed E-state index contributed by atoms with van der Waals surface area (Å²) in [6.45, 7) is 5.58. The molecule has 0 radical (unpaired) electrons. The number of alkyl halides is 3. The second kappa shape index (κ2) is 8.85. The number of benzene rings is 2. The third-order valence-electron chi connectivity index (χ3n) is 4.29. The Morgan fingerprint density at radius 1 is 1.00 bits per heavy atom. The van der Waals surface area contributed by atoms with E-state index in [9.17, 15) is 18.0 Å². The summed E-state index contributed by atoms with van der Waals surface area (Å²) >= 11 is 0. The molecule has 140 valence electrons. The van der Waals surface area contributed by atoms with Gasteiger partial charge in [0.25, 0.3) is 0 Å². The van der Waals surface area contributed by atoms with Crippen molar-refractivity contribution in [1.82, 2.24) is 10.2 Å². The van der Waals surface area contributed by atoms with Crippen LogP contribution in [0.15, 0.2) is 54.6 Å². The van der Waals surface area contributed by atoms with Gasteiger partial charge < -0.3 is 5.32 Å². The minimum Gasteiger partial charge on any atom is -0.350 e. The number of amides is 1. The van der Waals surface area contributed by atoms with Crippen molar-refractivity contribution in [2.24, 2.45) is 0 Å². The van der Waals surface area contributed by atoms with Gasteiger partial charge in [-0.25, -0.2) is 0 Å². The highest BCUT2D eigenvalue weighted by molar-refractivity contribution is 5.83. The van der Waals surface area contributed by atoms with E-state index in [1.54, 1.807) is 0 Å². The molecule has 2 aromatic carbocycles. The third kappa shape index (κ3) is 5.08. The van der Waals surface area contributed by atoms with Crippen LogP contribution in [0.2, 0.25) is 0 Å². The summed E-state index contributed by atoms with van der Waals surface area (Å²) < 4.78 is 37.9. The summed E-state index contributed by atoms with van der Waals surface area (Å²) in [6, 6.07) is 13.9. The first-order chi connectivity index (χ1) is 12.4. The van der Waals surface area contributed by atoms with E-state index in [0.717, 1.165) is 17.7 Å². The molecule has 6 heteroatoms. The molecule has 0 saturated heterocycles. The topological polar surface area (TPSA) is 32.3 Å². The highest BCUT2D eigenvalue weighted by Crippen LogP contribution is 2.29. The molecule has 0 fully saturated rings. The highest BCUT2D eigenvalue weighted by Gasteiger charge is 2.30. The van der Waals surface area contributed by atoms with Gasteiger partial charge in [0, 0.05) is 6.54 Å². The van der Waals surface area contributed by atoms with Gasteiger partial charge in [-0.15, -0.1) is 0 Å². The van der Waals surface area contributed by atoms with Crippen LogP contribution in [0.1, 0.15) is 36.6 Å². The summed E-state index contributed by atoms with van der Waals surface area (Å²) in [5.74, 6) is -0.167. The van der Waals surface area contributed by atoms with E-state index in [2.05, 4.69) is 5.32 Å². The van der Waals surface area contributed by atoms with Crippen molar-refractivity contribution < 1.29 is 18.0 Å². The van der Waals surface area contributed by atoms with Crippen LogP contribution < -0.4 is 5.32 Å². The van der Waals surface area contributed by atoms with E-state index >= 15 is 0 Å². The summed E-state index contributed by atoms with van der Waals surface area (Å²) in [4.78, 5) is 14.8. The zero-order valence-electron chi connectivity index (χ0n) is 14.9. The Balaban J connectivity index is 2.10. The molecule has 0 aliphatic rings. The predicted octanol–water partition coefficient (Wildman–Crippen LogP) is 4.40. The fourth-order valence-corrected chi connectivity index (χ4v) is 2.85. The molecule has 0 aliphatic carbocycles. The van der Waals surface area contributed by atoms with E-state index in [1.165, 1.54) is 12.1 Å². The van der Waals surface area contributed by atoms with Gasteiger partial charge in [-0.2, -0.15) is 13.2 Å². The maximum atomic E-state index is 12.8. The Labute approximate surface area is 151 Å². The van der Waals surface area contributed by atoms with Crippen molar-refractivity contribution in [3.63, 3.8) is 0 Å². The second-order valence-corrected chi connectivity index (χ2v) is 5.95. The van der Waals surface area contributed by atoms with Gasteiger partial charge in [-0.05, 0) is 36.3 Å². The van der Waals surface area contributed by atoms with E-state index in [-0.39, 0.29) is 12.5 Å². The molecule has 2 rings (SSSR count). The van der Waals surface area contributed by atoms with Crippen LogP contribution in [0, 0.1) is 0 Å². The average Bonchev–Trinajstić information content (AvgIpc) is 2.64. The molecule has 26 heavy (non-hydrogen) atoms. The molecule has 0 heterocycles. The zero-order valence-corrected chi connectivity index (χ0v) is 14.9. The lowest BCUT2D eigenvalue weighted by Gasteiger charge is -2.29. The lowest BCUT2D eigenvalue weighted by Crippen LogP contribution is -2.40. The van der Waals surface area contributed by atoms with Crippen molar-refractivity contribution >= 4 is 5.91 Å². The Kier molecular flexibility index (Phi) is 6.80. The van der Waals surface area contributed by atoms with Crippen LogP contribution in [0.25, 0.3) is 0 Å². The predicted molar refractivity (Wildman–Crippen MR) is 95.4 cm³/mol. The first kappa shape index (κ1) is 20.0. The van der Waals surface area contributed by atoms with Crippen LogP contribution in [-0.4, -0.2) is 23.9 Å². The number of halogens is 3. The van der Waals surface area contributed by atoms with Gasteiger partial charge in [0.1, 0.15) is 6.04 Å². The van der Waals surface area contributed by atoms with Gasteiger partial charge in [-0.1, -0.05) is 56.3 Å². The van der Waals surface area contributed by atoms with Crippen LogP contribution in [0.4, 0.5) is 13.2 Å². The minimum absolute atomic E-state index is 0.167. The molecular formula is C20H23F3N2O. The molecule has 0 aliphatic heterocycles. The molecule has 1 unspecified atom stereocenters. The third-order valence-corrected chi connectivity index (χ3v) is 4.29. The van der Waals surface area contributed by atoms with Gasteiger partial charge in [0.2, 0.25) is 5.91 Å². The highest BCUT2D eigenvalue weighted by atomic mass is 19.4. The first-order valence-corrected chi connectivity index (χ1v) is 8.59. The quantitative estimate of drug-likeness (QED) is 0.790.